The van der Waals surface area contributed by atoms with Gasteiger partial charge in [0.2, 0.25) is 5.91 Å². The van der Waals surface area contributed by atoms with E-state index in [9.17, 15) is 4.79 Å². The molecular weight excluding hydrogens is 350 g/mol. The summed E-state index contributed by atoms with van der Waals surface area (Å²) in [6.07, 6.45) is 9.35. The van der Waals surface area contributed by atoms with Crippen molar-refractivity contribution in [2.45, 2.75) is 51.6 Å². The van der Waals surface area contributed by atoms with E-state index in [2.05, 4.69) is 39.5 Å². The van der Waals surface area contributed by atoms with Crippen molar-refractivity contribution in [1.29, 1.82) is 0 Å². The molecule has 1 N–H and O–H groups in total. The predicted molar refractivity (Wildman–Crippen MR) is 108 cm³/mol. The highest BCUT2D eigenvalue weighted by Gasteiger charge is 2.33. The molecule has 0 aromatic carbocycles. The molecule has 2 aliphatic rings. The summed E-state index contributed by atoms with van der Waals surface area (Å²) in [5, 5.41) is 7.81. The van der Waals surface area contributed by atoms with Crippen LogP contribution in [0.5, 0.6) is 0 Å². The fraction of sp³-hybridized carbons (Fsp3) is 0.591. The van der Waals surface area contributed by atoms with Crippen molar-refractivity contribution in [3.05, 3.63) is 47.5 Å². The topological polar surface area (TPSA) is 63.1 Å². The molecule has 1 saturated carbocycles. The van der Waals surface area contributed by atoms with Gasteiger partial charge in [-0.25, -0.2) is 0 Å². The Balaban J connectivity index is 1.40. The Morgan fingerprint density at radius 1 is 1.25 bits per heavy atom. The van der Waals surface area contributed by atoms with Crippen LogP contribution in [-0.2, 0) is 18.4 Å². The third-order valence-corrected chi connectivity index (χ3v) is 6.39. The van der Waals surface area contributed by atoms with Crippen molar-refractivity contribution in [2.75, 3.05) is 13.1 Å². The number of aryl methyl sites for hydroxylation is 2. The minimum atomic E-state index is 0.0246. The normalized spacial score (nSPS) is 19.9. The molecule has 0 unspecified atom stereocenters. The number of hydrogen-bond donors (Lipinski definition) is 1. The number of rotatable bonds is 6. The number of nitrogens with one attached hydrogen (secondary N) is 1. The maximum absolute atomic E-state index is 12.6. The van der Waals surface area contributed by atoms with Gasteiger partial charge in [0.15, 0.2) is 0 Å². The average molecular weight is 382 g/mol. The lowest BCUT2D eigenvalue weighted by Gasteiger charge is -2.37. The molecule has 4 rings (SSSR count). The monoisotopic (exact) mass is 381 g/mol. The number of carbonyl (C=O) groups excluding carboxylic acids is 1. The lowest BCUT2D eigenvalue weighted by Crippen LogP contribution is -2.43. The van der Waals surface area contributed by atoms with Crippen LogP contribution in [0.1, 0.15) is 55.1 Å². The summed E-state index contributed by atoms with van der Waals surface area (Å²) in [5.41, 5.74) is 3.42. The van der Waals surface area contributed by atoms with Gasteiger partial charge < -0.3 is 5.32 Å². The number of piperidine rings is 1. The third kappa shape index (κ3) is 4.27. The molecule has 1 aliphatic carbocycles. The maximum atomic E-state index is 12.6. The minimum absolute atomic E-state index is 0.0246. The van der Waals surface area contributed by atoms with Gasteiger partial charge in [-0.05, 0) is 63.7 Å². The molecule has 28 heavy (non-hydrogen) atoms. The molecule has 0 bridgehead atoms. The fourth-order valence-electron chi connectivity index (χ4n) is 4.42. The van der Waals surface area contributed by atoms with Gasteiger partial charge >= 0.3 is 0 Å². The summed E-state index contributed by atoms with van der Waals surface area (Å²) >= 11 is 0. The molecule has 3 heterocycles. The maximum Gasteiger partial charge on any atom is 0.223 e. The van der Waals surface area contributed by atoms with E-state index in [1.54, 1.807) is 0 Å². The van der Waals surface area contributed by atoms with Gasteiger partial charge in [0.05, 0.1) is 17.4 Å². The highest BCUT2D eigenvalue weighted by molar-refractivity contribution is 5.79. The van der Waals surface area contributed by atoms with Crippen molar-refractivity contribution in [1.82, 2.24) is 25.0 Å². The van der Waals surface area contributed by atoms with E-state index in [0.717, 1.165) is 56.7 Å². The number of aromatic nitrogens is 3. The standard InChI is InChI=1S/C22H31N5O/c1-16-19(14-26(2)25-16)15-27-12-9-17(10-13-27)21(20-8-3-4-11-23-20)24-22(28)18-6-5-7-18/h3-4,8,11,14,17-18,21H,5-7,9-10,12-13,15H2,1-2H3,(H,24,28)/t21-/m0/s1. The first kappa shape index (κ1) is 19.1. The van der Waals surface area contributed by atoms with Crippen molar-refractivity contribution >= 4 is 5.91 Å². The number of nitrogens with zero attached hydrogens (tertiary/aromatic N) is 4. The molecule has 1 saturated heterocycles. The van der Waals surface area contributed by atoms with Gasteiger partial charge in [-0.3, -0.25) is 19.4 Å². The van der Waals surface area contributed by atoms with E-state index >= 15 is 0 Å². The molecule has 2 aromatic rings. The highest BCUT2D eigenvalue weighted by atomic mass is 16.2. The summed E-state index contributed by atoms with van der Waals surface area (Å²) in [4.78, 5) is 19.7. The van der Waals surface area contributed by atoms with Crippen LogP contribution >= 0.6 is 0 Å². The average Bonchev–Trinajstić information content (AvgIpc) is 2.97. The Morgan fingerprint density at radius 2 is 2.04 bits per heavy atom. The number of hydrogen-bond acceptors (Lipinski definition) is 4. The van der Waals surface area contributed by atoms with Gasteiger partial charge in [-0.2, -0.15) is 5.10 Å². The van der Waals surface area contributed by atoms with Gasteiger partial charge in [0.1, 0.15) is 0 Å². The second kappa shape index (κ2) is 8.43. The Labute approximate surface area is 167 Å². The summed E-state index contributed by atoms with van der Waals surface area (Å²) in [7, 11) is 1.98. The molecule has 0 spiro atoms. The van der Waals surface area contributed by atoms with E-state index in [-0.39, 0.29) is 17.9 Å². The molecule has 150 valence electrons. The number of carbonyl (C=O) groups is 1. The highest BCUT2D eigenvalue weighted by Crippen LogP contribution is 2.33. The Morgan fingerprint density at radius 3 is 2.61 bits per heavy atom. The fourth-order valence-corrected chi connectivity index (χ4v) is 4.42. The van der Waals surface area contributed by atoms with Crippen LogP contribution in [0.3, 0.4) is 0 Å². The van der Waals surface area contributed by atoms with Gasteiger partial charge in [-0.15, -0.1) is 0 Å². The first-order chi connectivity index (χ1) is 13.6. The number of amides is 1. The van der Waals surface area contributed by atoms with Crippen molar-refractivity contribution < 1.29 is 4.79 Å². The van der Waals surface area contributed by atoms with E-state index in [4.69, 9.17) is 0 Å². The van der Waals surface area contributed by atoms with Gasteiger partial charge in [0.25, 0.3) is 0 Å². The Hall–Kier alpha value is -2.21. The van der Waals surface area contributed by atoms with Crippen molar-refractivity contribution in [3.8, 4) is 0 Å². The predicted octanol–water partition coefficient (Wildman–Crippen LogP) is 2.99. The van der Waals surface area contributed by atoms with E-state index < -0.39 is 0 Å². The van der Waals surface area contributed by atoms with E-state index in [1.807, 2.05) is 30.1 Å². The first-order valence-electron chi connectivity index (χ1n) is 10.5. The van der Waals surface area contributed by atoms with Crippen LogP contribution in [0.2, 0.25) is 0 Å². The minimum Gasteiger partial charge on any atom is -0.347 e. The summed E-state index contributed by atoms with van der Waals surface area (Å²) < 4.78 is 1.89. The van der Waals surface area contributed by atoms with Gasteiger partial charge in [0, 0.05) is 37.5 Å². The Bertz CT molecular complexity index is 791. The molecule has 6 heteroatoms. The molecule has 2 aromatic heterocycles. The summed E-state index contributed by atoms with van der Waals surface area (Å²) in [6.45, 7) is 5.12. The van der Waals surface area contributed by atoms with Crippen LogP contribution in [0.25, 0.3) is 0 Å². The Kier molecular flexibility index (Phi) is 5.76. The molecule has 6 nitrogen and oxygen atoms in total. The SMILES string of the molecule is Cc1nn(C)cc1CN1CCC([C@H](NC(=O)C2CCC2)c2ccccn2)CC1. The van der Waals surface area contributed by atoms with Crippen LogP contribution in [0.4, 0.5) is 0 Å². The largest absolute Gasteiger partial charge is 0.347 e. The molecule has 0 radical (unpaired) electrons. The quantitative estimate of drug-likeness (QED) is 0.836. The summed E-state index contributed by atoms with van der Waals surface area (Å²) in [5.74, 6) is 0.861. The zero-order valence-electron chi connectivity index (χ0n) is 17.0. The lowest BCUT2D eigenvalue weighted by molar-refractivity contribution is -0.128. The van der Waals surface area contributed by atoms with Crippen molar-refractivity contribution in [3.63, 3.8) is 0 Å². The van der Waals surface area contributed by atoms with Crippen LogP contribution < -0.4 is 5.32 Å². The molecular formula is C22H31N5O. The summed E-state index contributed by atoms with van der Waals surface area (Å²) in [6, 6.07) is 6.03. The zero-order valence-corrected chi connectivity index (χ0v) is 17.0. The third-order valence-electron chi connectivity index (χ3n) is 6.39. The molecule has 1 amide bonds. The molecule has 1 atom stereocenters. The number of pyridine rings is 1. The zero-order chi connectivity index (χ0) is 19.5. The smallest absolute Gasteiger partial charge is 0.223 e. The van der Waals surface area contributed by atoms with Crippen LogP contribution in [0.15, 0.2) is 30.6 Å². The molecule has 2 fully saturated rings. The van der Waals surface area contributed by atoms with Gasteiger partial charge in [-0.1, -0.05) is 12.5 Å². The van der Waals surface area contributed by atoms with E-state index in [0.29, 0.717) is 5.92 Å². The second-order valence-corrected chi connectivity index (χ2v) is 8.40. The van der Waals surface area contributed by atoms with E-state index in [1.165, 1.54) is 12.0 Å². The first-order valence-corrected chi connectivity index (χ1v) is 10.5. The van der Waals surface area contributed by atoms with Crippen LogP contribution in [0, 0.1) is 18.8 Å². The van der Waals surface area contributed by atoms with Crippen molar-refractivity contribution in [2.24, 2.45) is 18.9 Å². The number of likely N-dealkylation sites (tertiary alicyclic amines) is 1. The second-order valence-electron chi connectivity index (χ2n) is 8.40. The lowest BCUT2D eigenvalue weighted by atomic mass is 9.83. The molecule has 1 aliphatic heterocycles. The van der Waals surface area contributed by atoms with Crippen LogP contribution in [-0.4, -0.2) is 38.7 Å².